The number of benzene rings is 1. The minimum absolute atomic E-state index is 0.0107. The molecule has 7 fully saturated rings. The van der Waals surface area contributed by atoms with Crippen molar-refractivity contribution in [1.29, 1.82) is 0 Å². The van der Waals surface area contributed by atoms with Crippen molar-refractivity contribution in [3.63, 3.8) is 0 Å². The maximum Gasteiger partial charge on any atom is 0.309 e. The quantitative estimate of drug-likeness (QED) is 0.172. The molecular weight excluding hydrogens is 892 g/mol. The van der Waals surface area contributed by atoms with E-state index in [2.05, 4.69) is 46.9 Å². The fraction of sp³-hybridized carbons (Fsp3) is 0.774. The van der Waals surface area contributed by atoms with E-state index in [4.69, 9.17) is 21.1 Å². The lowest BCUT2D eigenvalue weighted by Crippen LogP contribution is -2.74. The number of carbonyl (C=O) groups is 4. The third kappa shape index (κ3) is 7.16. The number of ketones is 1. The fourth-order valence-corrected chi connectivity index (χ4v) is 18.4. The number of amides is 1. The zero-order valence-electron chi connectivity index (χ0n) is 41.1. The first-order chi connectivity index (χ1) is 31.3. The molecule has 370 valence electrons. The molecule has 14 heteroatoms. The number of aliphatic carboxylic acids is 1. The molecule has 1 aromatic carbocycles. The molecule has 0 aromatic heterocycles. The van der Waals surface area contributed by atoms with Crippen LogP contribution in [0.1, 0.15) is 143 Å². The maximum atomic E-state index is 14.3. The van der Waals surface area contributed by atoms with Gasteiger partial charge in [0.05, 0.1) is 35.0 Å². The summed E-state index contributed by atoms with van der Waals surface area (Å²) in [6.07, 6.45) is 8.86. The van der Waals surface area contributed by atoms with Gasteiger partial charge in [0.1, 0.15) is 18.5 Å². The molecule has 0 unspecified atom stereocenters. The number of fused-ring (bicyclic) bond motifs is 6. The molecular formula is C53H75ClN2O10S. The smallest absolute Gasteiger partial charge is 0.309 e. The Morgan fingerprint density at radius 3 is 2.19 bits per heavy atom. The van der Waals surface area contributed by atoms with Crippen molar-refractivity contribution in [3.8, 4) is 5.75 Å². The van der Waals surface area contributed by atoms with Crippen LogP contribution in [0, 0.1) is 67.5 Å². The van der Waals surface area contributed by atoms with Crippen LogP contribution in [-0.4, -0.2) is 104 Å². The number of hydrogen-bond donors (Lipinski definition) is 3. The normalized spacial score (nSPS) is 41.0. The number of carbonyl (C=O) groups excluding carboxylic acids is 3. The number of sulfone groups is 1. The minimum atomic E-state index is -3.01. The van der Waals surface area contributed by atoms with E-state index >= 15 is 0 Å². The van der Waals surface area contributed by atoms with E-state index in [0.717, 1.165) is 68.9 Å². The predicted octanol–water partition coefficient (Wildman–Crippen LogP) is 8.32. The summed E-state index contributed by atoms with van der Waals surface area (Å²) in [5, 5.41) is 25.7. The van der Waals surface area contributed by atoms with Gasteiger partial charge < -0.3 is 25.0 Å². The molecule has 1 spiro atoms. The summed E-state index contributed by atoms with van der Waals surface area (Å²) in [6, 6.07) is 4.85. The van der Waals surface area contributed by atoms with Crippen LogP contribution in [0.25, 0.3) is 0 Å². The van der Waals surface area contributed by atoms with Crippen LogP contribution in [0.2, 0.25) is 5.02 Å². The SMILES string of the molecule is CC(C)C1=C2[C@H]3CC[C@@H]4[C@@]5(C)CC[C@H](OC(=O)[C@H]6C[C@@H](C(=O)O)C6(C)C)[C@@]6(C)CC[C@]65CC[C@@]4(C)[C@]3(C)CC[C@@]2([C@@H](O)CNC(=O)c2ccc(Cl)cc2OCCN2CCS(=O)(=O)CC2)CC1=O. The van der Waals surface area contributed by atoms with E-state index in [0.29, 0.717) is 49.2 Å². The zero-order valence-corrected chi connectivity index (χ0v) is 42.7. The Balaban J connectivity index is 0.922. The van der Waals surface area contributed by atoms with Crippen LogP contribution >= 0.6 is 11.6 Å². The van der Waals surface area contributed by atoms with Gasteiger partial charge in [-0.2, -0.15) is 0 Å². The number of aliphatic hydroxyl groups excluding tert-OH is 1. The van der Waals surface area contributed by atoms with Crippen molar-refractivity contribution in [2.45, 2.75) is 145 Å². The Kier molecular flexibility index (Phi) is 12.1. The summed E-state index contributed by atoms with van der Waals surface area (Å²) in [6.45, 7) is 19.5. The van der Waals surface area contributed by atoms with Gasteiger partial charge in [0.25, 0.3) is 5.91 Å². The first kappa shape index (κ1) is 49.0. The lowest BCUT2D eigenvalue weighted by molar-refractivity contribution is -0.321. The fourth-order valence-electron chi connectivity index (χ4n) is 17.0. The standard InChI is InChI=1S/C53H75ClN2O10S/c1-31(2)42-37(57)29-52(40(58)30-55-44(59)33-10-9-32(54)27-38(33)65-24-21-56-22-25-67(63,64)26-23-56)18-15-48(5)34(43(42)52)11-12-39-49(48,6)16-19-53-20-17-51(53,8)41(13-14-50(39,53)7)66-46(62)36-28-35(45(60)61)47(36,3)4/h9-10,27,31,34-36,39-41,58H,11-26,28-30H2,1-8H3,(H,55,59)(H,60,61)/t34-,35+,36-,39+,40+,41+,48-,49-,50-,51-,52+,53+/m1/s1. The zero-order chi connectivity index (χ0) is 48.5. The van der Waals surface area contributed by atoms with Crippen LogP contribution in [0.5, 0.6) is 5.75 Å². The van der Waals surface area contributed by atoms with Gasteiger partial charge in [0, 0.05) is 48.5 Å². The number of carboxylic acids is 1. The Morgan fingerprint density at radius 2 is 1.55 bits per heavy atom. The number of allylic oxidation sites excluding steroid dienone is 1. The number of nitrogens with one attached hydrogen (secondary N) is 1. The Labute approximate surface area is 403 Å². The first-order valence-electron chi connectivity index (χ1n) is 25.3. The molecule has 9 rings (SSSR count). The Morgan fingerprint density at radius 1 is 0.881 bits per heavy atom. The average molecular weight is 968 g/mol. The molecule has 67 heavy (non-hydrogen) atoms. The number of nitrogens with zero attached hydrogens (tertiary/aromatic N) is 1. The number of halogens is 1. The highest BCUT2D eigenvalue weighted by Gasteiger charge is 2.78. The topological polar surface area (TPSA) is 177 Å². The van der Waals surface area contributed by atoms with Crippen molar-refractivity contribution in [2.24, 2.45) is 67.5 Å². The number of hydrogen-bond acceptors (Lipinski definition) is 10. The third-order valence-corrected chi connectivity index (χ3v) is 23.3. The van der Waals surface area contributed by atoms with Gasteiger partial charge in [-0.15, -0.1) is 0 Å². The van der Waals surface area contributed by atoms with Gasteiger partial charge in [-0.1, -0.05) is 72.6 Å². The van der Waals surface area contributed by atoms with Crippen molar-refractivity contribution >= 4 is 45.1 Å². The van der Waals surface area contributed by atoms with E-state index in [1.807, 2.05) is 18.7 Å². The molecule has 8 aliphatic rings. The first-order valence-corrected chi connectivity index (χ1v) is 27.5. The average Bonchev–Trinajstić information content (AvgIpc) is 3.56. The van der Waals surface area contributed by atoms with Gasteiger partial charge in [0.15, 0.2) is 15.6 Å². The van der Waals surface area contributed by atoms with Crippen molar-refractivity contribution in [2.75, 3.05) is 44.3 Å². The third-order valence-electron chi connectivity index (χ3n) is 21.4. The van der Waals surface area contributed by atoms with E-state index in [1.165, 1.54) is 0 Å². The maximum absolute atomic E-state index is 14.3. The Bertz CT molecular complexity index is 2370. The number of carboxylic acid groups (broad SMARTS) is 1. The summed E-state index contributed by atoms with van der Waals surface area (Å²) >= 11 is 6.37. The molecule has 1 heterocycles. The van der Waals surface area contributed by atoms with Crippen molar-refractivity contribution in [3.05, 3.63) is 39.9 Å². The molecule has 12 nitrogen and oxygen atoms in total. The van der Waals surface area contributed by atoms with Crippen molar-refractivity contribution in [1.82, 2.24) is 10.2 Å². The number of rotatable bonds is 12. The molecule has 1 aliphatic heterocycles. The van der Waals surface area contributed by atoms with Gasteiger partial charge in [-0.25, -0.2) is 8.42 Å². The highest BCUT2D eigenvalue weighted by molar-refractivity contribution is 7.91. The summed E-state index contributed by atoms with van der Waals surface area (Å²) in [5.41, 5.74) is 0.600. The number of ether oxygens (including phenoxy) is 2. The van der Waals surface area contributed by atoms with Gasteiger partial charge >= 0.3 is 11.9 Å². The Hall–Kier alpha value is -3.00. The molecule has 7 aliphatic carbocycles. The molecule has 12 atom stereocenters. The predicted molar refractivity (Wildman–Crippen MR) is 255 cm³/mol. The second kappa shape index (κ2) is 16.5. The lowest BCUT2D eigenvalue weighted by atomic mass is 9.25. The minimum Gasteiger partial charge on any atom is -0.491 e. The number of Topliss-reactive ketones (excluding diaryl/α,β-unsaturated/α-hetero) is 1. The highest BCUT2D eigenvalue weighted by Crippen LogP contribution is 2.84. The molecule has 0 radical (unpaired) electrons. The molecule has 1 saturated heterocycles. The molecule has 0 bridgehead atoms. The number of esters is 1. The van der Waals surface area contributed by atoms with Gasteiger partial charge in [-0.05, 0) is 139 Å². The monoisotopic (exact) mass is 966 g/mol. The van der Waals surface area contributed by atoms with Crippen LogP contribution in [0.15, 0.2) is 29.3 Å². The summed E-state index contributed by atoms with van der Waals surface area (Å²) in [4.78, 5) is 56.1. The number of aliphatic hydroxyl groups is 1. The van der Waals surface area contributed by atoms with Crippen LogP contribution in [0.4, 0.5) is 0 Å². The van der Waals surface area contributed by atoms with Gasteiger partial charge in [0.2, 0.25) is 0 Å². The molecule has 1 aromatic rings. The summed E-state index contributed by atoms with van der Waals surface area (Å²) in [5.74, 6) is -1.24. The second-order valence-electron chi connectivity index (χ2n) is 24.3. The van der Waals surface area contributed by atoms with E-state index in [9.17, 15) is 37.8 Å². The highest BCUT2D eigenvalue weighted by atomic mass is 35.5. The summed E-state index contributed by atoms with van der Waals surface area (Å²) < 4.78 is 36.5. The molecule has 6 saturated carbocycles. The summed E-state index contributed by atoms with van der Waals surface area (Å²) in [7, 11) is -3.01. The largest absolute Gasteiger partial charge is 0.491 e. The van der Waals surface area contributed by atoms with Crippen LogP contribution < -0.4 is 10.1 Å². The second-order valence-corrected chi connectivity index (χ2v) is 27.1. The molecule has 1 amide bonds. The van der Waals surface area contributed by atoms with Crippen LogP contribution in [0.3, 0.4) is 0 Å². The molecule has 3 N–H and O–H groups in total. The van der Waals surface area contributed by atoms with E-state index in [-0.39, 0.29) is 93.4 Å². The van der Waals surface area contributed by atoms with Crippen LogP contribution in [-0.2, 0) is 29.0 Å². The lowest BCUT2D eigenvalue weighted by Gasteiger charge is -2.79. The van der Waals surface area contributed by atoms with E-state index < -0.39 is 50.5 Å². The van der Waals surface area contributed by atoms with Crippen molar-refractivity contribution < 1.29 is 47.3 Å². The van der Waals surface area contributed by atoms with E-state index in [1.54, 1.807) is 18.2 Å². The van der Waals surface area contributed by atoms with Gasteiger partial charge in [-0.3, -0.25) is 24.1 Å².